The molecule has 1 aliphatic rings. The molecule has 0 aromatic heterocycles. The Morgan fingerprint density at radius 2 is 2.21 bits per heavy atom. The smallest absolute Gasteiger partial charge is 0.243 e. The van der Waals surface area contributed by atoms with Gasteiger partial charge in [0.15, 0.2) is 0 Å². The summed E-state index contributed by atoms with van der Waals surface area (Å²) >= 11 is 3.32. The molecular weight excluding hydrogens is 330 g/mol. The molecule has 1 aromatic rings. The normalized spacial score (nSPS) is 20.1. The van der Waals surface area contributed by atoms with Crippen molar-refractivity contribution in [2.45, 2.75) is 18.2 Å². The molecule has 0 spiro atoms. The zero-order chi connectivity index (χ0) is 14.0. The highest BCUT2D eigenvalue weighted by molar-refractivity contribution is 9.10. The summed E-state index contributed by atoms with van der Waals surface area (Å²) in [6, 6.07) is 5.35. The van der Waals surface area contributed by atoms with E-state index >= 15 is 0 Å². The van der Waals surface area contributed by atoms with Crippen molar-refractivity contribution >= 4 is 26.0 Å². The highest BCUT2D eigenvalue weighted by atomic mass is 79.9. The van der Waals surface area contributed by atoms with E-state index in [9.17, 15) is 8.42 Å². The molecule has 1 saturated heterocycles. The Balaban J connectivity index is 2.22. The van der Waals surface area contributed by atoms with Crippen LogP contribution >= 0.6 is 15.9 Å². The molecule has 0 aliphatic carbocycles. The molecule has 1 aliphatic heterocycles. The van der Waals surface area contributed by atoms with Gasteiger partial charge >= 0.3 is 0 Å². The maximum atomic E-state index is 12.5. The molecule has 1 unspecified atom stereocenters. The number of halogens is 1. The summed E-state index contributed by atoms with van der Waals surface area (Å²) in [4.78, 5) is 0.328. The Morgan fingerprint density at radius 1 is 1.47 bits per heavy atom. The molecule has 0 radical (unpaired) electrons. The maximum absolute atomic E-state index is 12.5. The first-order valence-corrected chi connectivity index (χ1v) is 8.45. The van der Waals surface area contributed by atoms with Crippen LogP contribution in [0.2, 0.25) is 0 Å². The highest BCUT2D eigenvalue weighted by Crippen LogP contribution is 2.26. The molecule has 0 N–H and O–H groups in total. The fraction of sp³-hybridized carbons (Fsp3) is 0.538. The second-order valence-corrected chi connectivity index (χ2v) is 7.82. The van der Waals surface area contributed by atoms with Gasteiger partial charge in [0, 0.05) is 24.7 Å². The minimum Gasteiger partial charge on any atom is -0.381 e. The fourth-order valence-corrected chi connectivity index (χ4v) is 4.42. The van der Waals surface area contributed by atoms with Crippen molar-refractivity contribution in [2.75, 3.05) is 26.8 Å². The largest absolute Gasteiger partial charge is 0.381 e. The van der Waals surface area contributed by atoms with E-state index in [4.69, 9.17) is 4.74 Å². The van der Waals surface area contributed by atoms with E-state index < -0.39 is 10.0 Å². The number of nitrogens with zero attached hydrogens (tertiary/aromatic N) is 1. The Bertz CT molecular complexity index is 553. The van der Waals surface area contributed by atoms with Crippen molar-refractivity contribution in [3.05, 3.63) is 28.2 Å². The molecule has 1 heterocycles. The van der Waals surface area contributed by atoms with Crippen molar-refractivity contribution in [3.8, 4) is 0 Å². The van der Waals surface area contributed by atoms with Gasteiger partial charge in [-0.3, -0.25) is 0 Å². The second-order valence-electron chi connectivity index (χ2n) is 4.95. The van der Waals surface area contributed by atoms with Gasteiger partial charge in [-0.2, -0.15) is 0 Å². The van der Waals surface area contributed by atoms with Crippen LogP contribution in [0.4, 0.5) is 0 Å². The van der Waals surface area contributed by atoms with Gasteiger partial charge in [0.25, 0.3) is 0 Å². The number of hydrogen-bond donors (Lipinski definition) is 0. The molecular formula is C13H18BrNO3S. The predicted octanol–water partition coefficient (Wildman–Crippen LogP) is 2.41. The first-order valence-electron chi connectivity index (χ1n) is 6.21. The first-order chi connectivity index (χ1) is 8.91. The molecule has 0 bridgehead atoms. The minimum atomic E-state index is -3.45. The van der Waals surface area contributed by atoms with Gasteiger partial charge < -0.3 is 4.74 Å². The van der Waals surface area contributed by atoms with Crippen LogP contribution in [0.1, 0.15) is 12.0 Å². The zero-order valence-electron chi connectivity index (χ0n) is 11.1. The number of sulfonamides is 1. The van der Waals surface area contributed by atoms with Crippen LogP contribution in [0.25, 0.3) is 0 Å². The van der Waals surface area contributed by atoms with Crippen LogP contribution in [0.5, 0.6) is 0 Å². The molecule has 106 valence electrons. The average molecular weight is 348 g/mol. The van der Waals surface area contributed by atoms with E-state index in [1.165, 1.54) is 4.31 Å². The van der Waals surface area contributed by atoms with Crippen LogP contribution in [0.3, 0.4) is 0 Å². The first kappa shape index (κ1) is 15.0. The van der Waals surface area contributed by atoms with Crippen molar-refractivity contribution in [1.29, 1.82) is 0 Å². The van der Waals surface area contributed by atoms with E-state index in [1.54, 1.807) is 19.2 Å². The number of ether oxygens (including phenoxy) is 1. The van der Waals surface area contributed by atoms with Crippen LogP contribution in [-0.4, -0.2) is 39.5 Å². The SMILES string of the molecule is Cc1ccc(Br)c(S(=O)(=O)N(C)CC2CCOC2)c1. The lowest BCUT2D eigenvalue weighted by molar-refractivity contribution is 0.182. The third-order valence-corrected chi connectivity index (χ3v) is 6.13. The van der Waals surface area contributed by atoms with Crippen LogP contribution in [0, 0.1) is 12.8 Å². The molecule has 2 rings (SSSR count). The van der Waals surface area contributed by atoms with E-state index in [-0.39, 0.29) is 0 Å². The topological polar surface area (TPSA) is 46.6 Å². The Labute approximate surface area is 122 Å². The van der Waals surface area contributed by atoms with Gasteiger partial charge in [0.2, 0.25) is 10.0 Å². The van der Waals surface area contributed by atoms with Gasteiger partial charge in [0.1, 0.15) is 0 Å². The highest BCUT2D eigenvalue weighted by Gasteiger charge is 2.27. The summed E-state index contributed by atoms with van der Waals surface area (Å²) in [6.45, 7) is 3.76. The van der Waals surface area contributed by atoms with Crippen molar-refractivity contribution in [2.24, 2.45) is 5.92 Å². The van der Waals surface area contributed by atoms with E-state index in [0.717, 1.165) is 18.6 Å². The lowest BCUT2D eigenvalue weighted by Gasteiger charge is -2.21. The molecule has 0 saturated carbocycles. The molecule has 1 atom stereocenters. The molecule has 0 amide bonds. The monoisotopic (exact) mass is 347 g/mol. The lowest BCUT2D eigenvalue weighted by atomic mass is 10.1. The summed E-state index contributed by atoms with van der Waals surface area (Å²) in [5.74, 6) is 0.295. The predicted molar refractivity (Wildman–Crippen MR) is 77.6 cm³/mol. The van der Waals surface area contributed by atoms with Crippen molar-refractivity contribution < 1.29 is 13.2 Å². The molecule has 19 heavy (non-hydrogen) atoms. The third-order valence-electron chi connectivity index (χ3n) is 3.31. The Hall–Kier alpha value is -0.430. The van der Waals surface area contributed by atoms with Crippen LogP contribution in [0.15, 0.2) is 27.6 Å². The number of hydrogen-bond acceptors (Lipinski definition) is 3. The number of rotatable bonds is 4. The zero-order valence-corrected chi connectivity index (χ0v) is 13.5. The van der Waals surface area contributed by atoms with Gasteiger partial charge in [-0.25, -0.2) is 12.7 Å². The van der Waals surface area contributed by atoms with Crippen molar-refractivity contribution in [1.82, 2.24) is 4.31 Å². The summed E-state index contributed by atoms with van der Waals surface area (Å²) in [5, 5.41) is 0. The van der Waals surface area contributed by atoms with Gasteiger partial charge in [0.05, 0.1) is 11.5 Å². The molecule has 4 nitrogen and oxygen atoms in total. The fourth-order valence-electron chi connectivity index (χ4n) is 2.17. The van der Waals surface area contributed by atoms with Crippen LogP contribution < -0.4 is 0 Å². The van der Waals surface area contributed by atoms with Crippen molar-refractivity contribution in [3.63, 3.8) is 0 Å². The molecule has 6 heteroatoms. The van der Waals surface area contributed by atoms with Gasteiger partial charge in [-0.15, -0.1) is 0 Å². The number of aryl methyl sites for hydroxylation is 1. The lowest BCUT2D eigenvalue weighted by Crippen LogP contribution is -2.32. The van der Waals surface area contributed by atoms with E-state index in [1.807, 2.05) is 13.0 Å². The standard InChI is InChI=1S/C13H18BrNO3S/c1-10-3-4-12(14)13(7-10)19(16,17)15(2)8-11-5-6-18-9-11/h3-4,7,11H,5-6,8-9H2,1-2H3. The summed E-state index contributed by atoms with van der Waals surface area (Å²) in [7, 11) is -1.82. The summed E-state index contributed by atoms with van der Waals surface area (Å²) in [5.41, 5.74) is 0.930. The number of benzene rings is 1. The Kier molecular flexibility index (Phi) is 4.66. The minimum absolute atomic E-state index is 0.295. The van der Waals surface area contributed by atoms with Crippen LogP contribution in [-0.2, 0) is 14.8 Å². The summed E-state index contributed by atoms with van der Waals surface area (Å²) in [6.07, 6.45) is 0.925. The summed E-state index contributed by atoms with van der Waals surface area (Å²) < 4.78 is 32.4. The van der Waals surface area contributed by atoms with E-state index in [2.05, 4.69) is 15.9 Å². The van der Waals surface area contributed by atoms with E-state index in [0.29, 0.717) is 28.4 Å². The van der Waals surface area contributed by atoms with Gasteiger partial charge in [-0.1, -0.05) is 6.07 Å². The maximum Gasteiger partial charge on any atom is 0.243 e. The average Bonchev–Trinajstić information content (AvgIpc) is 2.85. The third kappa shape index (κ3) is 3.37. The molecule has 1 fully saturated rings. The quantitative estimate of drug-likeness (QED) is 0.840. The Morgan fingerprint density at radius 3 is 2.84 bits per heavy atom. The van der Waals surface area contributed by atoms with Gasteiger partial charge in [-0.05, 0) is 52.9 Å². The molecule has 1 aromatic carbocycles. The second kappa shape index (κ2) is 5.91.